The lowest BCUT2D eigenvalue weighted by Crippen LogP contribution is -2.12. The minimum Gasteiger partial charge on any atom is -0.363 e. The molecule has 0 aliphatic rings. The molecule has 19 heavy (non-hydrogen) atoms. The maximum absolute atomic E-state index is 5.29. The third kappa shape index (κ3) is 3.39. The normalized spacial score (nSPS) is 10.3. The number of aryl methyl sites for hydroxylation is 1. The van der Waals surface area contributed by atoms with E-state index in [1.165, 1.54) is 5.56 Å². The summed E-state index contributed by atoms with van der Waals surface area (Å²) in [6.45, 7) is 2.71. The molecular formula is C12H15BrN6. The molecule has 0 radical (unpaired) electrons. The van der Waals surface area contributed by atoms with Gasteiger partial charge < -0.3 is 5.32 Å². The zero-order chi connectivity index (χ0) is 13.7. The van der Waals surface area contributed by atoms with Gasteiger partial charge in [-0.3, -0.25) is 10.4 Å². The number of nitrogens with one attached hydrogen (secondary N) is 2. The van der Waals surface area contributed by atoms with Crippen LogP contribution in [0.15, 0.2) is 29.0 Å². The third-order valence-corrected chi connectivity index (χ3v) is 3.24. The van der Waals surface area contributed by atoms with E-state index < -0.39 is 0 Å². The average Bonchev–Trinajstić information content (AvgIpc) is 2.46. The van der Waals surface area contributed by atoms with Gasteiger partial charge in [0.15, 0.2) is 0 Å². The summed E-state index contributed by atoms with van der Waals surface area (Å²) in [6.07, 6.45) is 4.38. The molecule has 2 aromatic rings. The highest BCUT2D eigenvalue weighted by Crippen LogP contribution is 2.20. The van der Waals surface area contributed by atoms with E-state index in [0.717, 1.165) is 16.6 Å². The van der Waals surface area contributed by atoms with E-state index in [2.05, 4.69) is 54.6 Å². The summed E-state index contributed by atoms with van der Waals surface area (Å²) in [7, 11) is 0. The fourth-order valence-electron chi connectivity index (χ4n) is 1.68. The van der Waals surface area contributed by atoms with Crippen LogP contribution in [0.4, 0.5) is 11.8 Å². The fourth-order valence-corrected chi connectivity index (χ4v) is 2.01. The minimum absolute atomic E-state index is 0.363. The van der Waals surface area contributed by atoms with Crippen LogP contribution >= 0.6 is 15.9 Å². The van der Waals surface area contributed by atoms with Gasteiger partial charge >= 0.3 is 0 Å². The Bertz CT molecular complexity index is 560. The molecule has 0 aromatic carbocycles. The predicted molar refractivity (Wildman–Crippen MR) is 78.5 cm³/mol. The number of pyridine rings is 1. The summed E-state index contributed by atoms with van der Waals surface area (Å²) in [4.78, 5) is 12.6. The van der Waals surface area contributed by atoms with Crippen LogP contribution in [-0.2, 0) is 13.0 Å². The van der Waals surface area contributed by atoms with Crippen molar-refractivity contribution in [3.8, 4) is 0 Å². The van der Waals surface area contributed by atoms with Crippen molar-refractivity contribution in [1.82, 2.24) is 15.0 Å². The smallest absolute Gasteiger partial charge is 0.239 e. The summed E-state index contributed by atoms with van der Waals surface area (Å²) >= 11 is 3.39. The van der Waals surface area contributed by atoms with Crippen LogP contribution in [0.25, 0.3) is 0 Å². The third-order valence-electron chi connectivity index (χ3n) is 2.66. The van der Waals surface area contributed by atoms with Crippen LogP contribution in [0.1, 0.15) is 18.2 Å². The van der Waals surface area contributed by atoms with E-state index in [1.54, 1.807) is 12.4 Å². The molecule has 4 N–H and O–H groups in total. The molecule has 2 heterocycles. The summed E-state index contributed by atoms with van der Waals surface area (Å²) in [5.74, 6) is 6.33. The van der Waals surface area contributed by atoms with Gasteiger partial charge in [-0.25, -0.2) is 10.8 Å². The zero-order valence-electron chi connectivity index (χ0n) is 10.5. The van der Waals surface area contributed by atoms with Crippen LogP contribution in [0.5, 0.6) is 0 Å². The number of nitrogen functional groups attached to an aromatic ring is 1. The Morgan fingerprint density at radius 3 is 2.95 bits per heavy atom. The van der Waals surface area contributed by atoms with Crippen LogP contribution in [0.3, 0.4) is 0 Å². The molecule has 0 saturated heterocycles. The number of nitrogens with two attached hydrogens (primary N) is 1. The van der Waals surface area contributed by atoms with E-state index in [0.29, 0.717) is 18.3 Å². The van der Waals surface area contributed by atoms with E-state index in [9.17, 15) is 0 Å². The van der Waals surface area contributed by atoms with Gasteiger partial charge in [-0.15, -0.1) is 0 Å². The summed E-state index contributed by atoms with van der Waals surface area (Å²) in [6, 6.07) is 4.02. The molecule has 7 heteroatoms. The van der Waals surface area contributed by atoms with Crippen molar-refractivity contribution in [3.63, 3.8) is 0 Å². The number of anilines is 2. The topological polar surface area (TPSA) is 88.8 Å². The second-order valence-electron chi connectivity index (χ2n) is 3.85. The number of nitrogens with zero attached hydrogens (tertiary/aromatic N) is 3. The molecule has 2 rings (SSSR count). The van der Waals surface area contributed by atoms with Crippen LogP contribution in [0, 0.1) is 0 Å². The molecule has 0 bridgehead atoms. The second kappa shape index (κ2) is 6.44. The lowest BCUT2D eigenvalue weighted by Gasteiger charge is -2.10. The van der Waals surface area contributed by atoms with Gasteiger partial charge in [-0.1, -0.05) is 13.0 Å². The van der Waals surface area contributed by atoms with Crippen LogP contribution in [-0.4, -0.2) is 15.0 Å². The molecule has 0 aliphatic heterocycles. The van der Waals surface area contributed by atoms with Crippen LogP contribution < -0.4 is 16.6 Å². The Labute approximate surface area is 120 Å². The quantitative estimate of drug-likeness (QED) is 0.577. The highest BCUT2D eigenvalue weighted by atomic mass is 79.9. The molecule has 0 unspecified atom stereocenters. The standard InChI is InChI=1S/C12H15BrN6/c1-2-8-4-3-5-15-10(8)7-16-11-9(13)6-17-12(18-11)19-14/h3-6H,2,7,14H2,1H3,(H2,16,17,18,19). The first-order chi connectivity index (χ1) is 9.24. The largest absolute Gasteiger partial charge is 0.363 e. The zero-order valence-corrected chi connectivity index (χ0v) is 12.1. The fraction of sp³-hybridized carbons (Fsp3) is 0.250. The van der Waals surface area contributed by atoms with Gasteiger partial charge in [-0.05, 0) is 34.0 Å². The molecule has 0 spiro atoms. The Morgan fingerprint density at radius 1 is 1.37 bits per heavy atom. The number of hydrazine groups is 1. The van der Waals surface area contributed by atoms with Crippen molar-refractivity contribution in [3.05, 3.63) is 40.3 Å². The van der Waals surface area contributed by atoms with Crippen molar-refractivity contribution in [2.24, 2.45) is 5.84 Å². The van der Waals surface area contributed by atoms with Crippen molar-refractivity contribution in [2.75, 3.05) is 10.7 Å². The Hall–Kier alpha value is -1.73. The van der Waals surface area contributed by atoms with E-state index in [1.807, 2.05) is 6.07 Å². The highest BCUT2D eigenvalue weighted by Gasteiger charge is 2.06. The Balaban J connectivity index is 2.14. The molecule has 0 aliphatic carbocycles. The monoisotopic (exact) mass is 322 g/mol. The van der Waals surface area contributed by atoms with E-state index >= 15 is 0 Å². The molecule has 0 saturated carbocycles. The number of aromatic nitrogens is 3. The number of hydrogen-bond donors (Lipinski definition) is 3. The highest BCUT2D eigenvalue weighted by molar-refractivity contribution is 9.10. The molecule has 0 atom stereocenters. The van der Waals surface area contributed by atoms with E-state index in [-0.39, 0.29) is 0 Å². The molecule has 0 amide bonds. The maximum Gasteiger partial charge on any atom is 0.239 e. The van der Waals surface area contributed by atoms with Crippen molar-refractivity contribution in [1.29, 1.82) is 0 Å². The summed E-state index contributed by atoms with van der Waals surface area (Å²) < 4.78 is 0.778. The summed E-state index contributed by atoms with van der Waals surface area (Å²) in [5.41, 5.74) is 4.65. The lowest BCUT2D eigenvalue weighted by atomic mass is 10.1. The number of halogens is 1. The first-order valence-corrected chi connectivity index (χ1v) is 6.69. The first kappa shape index (κ1) is 13.7. The Kier molecular flexibility index (Phi) is 4.64. The molecule has 2 aromatic heterocycles. The van der Waals surface area contributed by atoms with Gasteiger partial charge in [0.25, 0.3) is 0 Å². The molecular weight excluding hydrogens is 308 g/mol. The van der Waals surface area contributed by atoms with Gasteiger partial charge in [0.1, 0.15) is 5.82 Å². The second-order valence-corrected chi connectivity index (χ2v) is 4.71. The van der Waals surface area contributed by atoms with Gasteiger partial charge in [-0.2, -0.15) is 4.98 Å². The average molecular weight is 323 g/mol. The first-order valence-electron chi connectivity index (χ1n) is 5.90. The number of rotatable bonds is 5. The van der Waals surface area contributed by atoms with Crippen molar-refractivity contribution >= 4 is 27.7 Å². The molecule has 0 fully saturated rings. The summed E-state index contributed by atoms with van der Waals surface area (Å²) in [5, 5.41) is 3.22. The van der Waals surface area contributed by atoms with E-state index in [4.69, 9.17) is 5.84 Å². The Morgan fingerprint density at radius 2 is 2.21 bits per heavy atom. The molecule has 100 valence electrons. The SMILES string of the molecule is CCc1cccnc1CNc1nc(NN)ncc1Br. The van der Waals surface area contributed by atoms with Crippen molar-refractivity contribution in [2.45, 2.75) is 19.9 Å². The minimum atomic E-state index is 0.363. The van der Waals surface area contributed by atoms with Crippen LogP contribution in [0.2, 0.25) is 0 Å². The maximum atomic E-state index is 5.29. The number of hydrogen-bond acceptors (Lipinski definition) is 6. The van der Waals surface area contributed by atoms with Gasteiger partial charge in [0.05, 0.1) is 16.7 Å². The lowest BCUT2D eigenvalue weighted by molar-refractivity contribution is 0.958. The van der Waals surface area contributed by atoms with Crippen molar-refractivity contribution < 1.29 is 0 Å². The predicted octanol–water partition coefficient (Wildman–Crippen LogP) is 2.09. The molecule has 6 nitrogen and oxygen atoms in total. The van der Waals surface area contributed by atoms with Gasteiger partial charge in [0.2, 0.25) is 5.95 Å². The van der Waals surface area contributed by atoms with Gasteiger partial charge in [0, 0.05) is 12.4 Å².